The number of benzene rings is 1. The Bertz CT molecular complexity index is 573. The van der Waals surface area contributed by atoms with Crippen LogP contribution in [0.25, 0.3) is 0 Å². The van der Waals surface area contributed by atoms with Crippen LogP contribution in [0.15, 0.2) is 50.9 Å². The highest BCUT2D eigenvalue weighted by Crippen LogP contribution is 2.31. The van der Waals surface area contributed by atoms with Crippen molar-refractivity contribution < 1.29 is 0 Å². The Balaban J connectivity index is 2.20. The molecular formula is C15H16BrClN2S. The summed E-state index contributed by atoms with van der Waals surface area (Å²) in [5.41, 5.74) is 1.23. The van der Waals surface area contributed by atoms with E-state index >= 15 is 0 Å². The molecule has 2 aromatic rings. The number of nitrogens with one attached hydrogen (secondary N) is 1. The van der Waals surface area contributed by atoms with E-state index in [4.69, 9.17) is 11.6 Å². The van der Waals surface area contributed by atoms with E-state index in [9.17, 15) is 0 Å². The molecule has 2 rings (SSSR count). The number of rotatable bonds is 5. The van der Waals surface area contributed by atoms with Crippen molar-refractivity contribution >= 4 is 39.3 Å². The first-order chi connectivity index (χ1) is 9.54. The summed E-state index contributed by atoms with van der Waals surface area (Å²) in [5.74, 6) is 0. The molecule has 0 aliphatic heterocycles. The van der Waals surface area contributed by atoms with E-state index in [1.807, 2.05) is 24.3 Å². The molecule has 1 aromatic heterocycles. The van der Waals surface area contributed by atoms with Gasteiger partial charge in [-0.25, -0.2) is 4.98 Å². The van der Waals surface area contributed by atoms with Gasteiger partial charge in [-0.3, -0.25) is 0 Å². The van der Waals surface area contributed by atoms with Crippen molar-refractivity contribution in [2.75, 3.05) is 0 Å². The lowest BCUT2D eigenvalue weighted by molar-refractivity contribution is 0.585. The lowest BCUT2D eigenvalue weighted by atomic mass is 10.2. The van der Waals surface area contributed by atoms with Crippen molar-refractivity contribution in [2.24, 2.45) is 0 Å². The van der Waals surface area contributed by atoms with E-state index in [1.165, 1.54) is 5.56 Å². The molecule has 0 fully saturated rings. The summed E-state index contributed by atoms with van der Waals surface area (Å²) in [4.78, 5) is 5.53. The minimum Gasteiger partial charge on any atom is -0.310 e. The topological polar surface area (TPSA) is 24.9 Å². The fourth-order valence-electron chi connectivity index (χ4n) is 1.62. The van der Waals surface area contributed by atoms with Gasteiger partial charge in [-0.05, 0) is 45.8 Å². The van der Waals surface area contributed by atoms with E-state index in [1.54, 1.807) is 18.0 Å². The first-order valence-corrected chi connectivity index (χ1v) is 8.34. The lowest BCUT2D eigenvalue weighted by Gasteiger charge is -2.12. The van der Waals surface area contributed by atoms with Crippen molar-refractivity contribution in [2.45, 2.75) is 36.4 Å². The Kier molecular flexibility index (Phi) is 5.90. The summed E-state index contributed by atoms with van der Waals surface area (Å²) in [6.07, 6.45) is 1.80. The molecule has 1 aromatic carbocycles. The van der Waals surface area contributed by atoms with Crippen LogP contribution < -0.4 is 5.32 Å². The SMILES string of the molecule is CC(C)NCc1ccc(Cl)cc1Sc1ccc(Br)cn1. The molecule has 0 aliphatic rings. The Morgan fingerprint density at radius 1 is 1.30 bits per heavy atom. The fourth-order valence-corrected chi connectivity index (χ4v) is 3.01. The van der Waals surface area contributed by atoms with Crippen molar-refractivity contribution in [1.82, 2.24) is 10.3 Å². The van der Waals surface area contributed by atoms with Crippen LogP contribution in [0.3, 0.4) is 0 Å². The molecule has 20 heavy (non-hydrogen) atoms. The molecule has 106 valence electrons. The zero-order chi connectivity index (χ0) is 14.5. The van der Waals surface area contributed by atoms with Gasteiger partial charge in [0.2, 0.25) is 0 Å². The molecule has 5 heteroatoms. The summed E-state index contributed by atoms with van der Waals surface area (Å²) in [5, 5.41) is 5.14. The van der Waals surface area contributed by atoms with Gasteiger partial charge in [0, 0.05) is 33.2 Å². The number of aromatic nitrogens is 1. The molecule has 0 radical (unpaired) electrons. The number of hydrogen-bond donors (Lipinski definition) is 1. The molecule has 0 amide bonds. The molecule has 1 N–H and O–H groups in total. The van der Waals surface area contributed by atoms with E-state index in [0.717, 1.165) is 26.0 Å². The Hall–Kier alpha value is -0.550. The third-order valence-corrected chi connectivity index (χ3v) is 4.40. The van der Waals surface area contributed by atoms with E-state index in [0.29, 0.717) is 6.04 Å². The second kappa shape index (κ2) is 7.46. The first-order valence-electron chi connectivity index (χ1n) is 6.36. The Morgan fingerprint density at radius 2 is 2.10 bits per heavy atom. The smallest absolute Gasteiger partial charge is 0.101 e. The summed E-state index contributed by atoms with van der Waals surface area (Å²) in [6, 6.07) is 10.4. The summed E-state index contributed by atoms with van der Waals surface area (Å²) in [6.45, 7) is 5.10. The first kappa shape index (κ1) is 15.8. The Labute approximate surface area is 137 Å². The predicted molar refractivity (Wildman–Crippen MR) is 89.5 cm³/mol. The molecular weight excluding hydrogens is 356 g/mol. The minimum atomic E-state index is 0.453. The highest BCUT2D eigenvalue weighted by Gasteiger charge is 2.07. The monoisotopic (exact) mass is 370 g/mol. The fraction of sp³-hybridized carbons (Fsp3) is 0.267. The zero-order valence-corrected chi connectivity index (χ0v) is 14.5. The minimum absolute atomic E-state index is 0.453. The van der Waals surface area contributed by atoms with Crippen LogP contribution in [0.2, 0.25) is 5.02 Å². The average Bonchev–Trinajstić information content (AvgIpc) is 2.40. The van der Waals surface area contributed by atoms with Gasteiger partial charge < -0.3 is 5.32 Å². The predicted octanol–water partition coefficient (Wildman–Crippen LogP) is 5.15. The van der Waals surface area contributed by atoms with Crippen molar-refractivity contribution in [3.05, 3.63) is 51.6 Å². The largest absolute Gasteiger partial charge is 0.310 e. The standard InChI is InChI=1S/C15H16BrClN2S/c1-10(2)18-8-11-3-5-13(17)7-14(11)20-15-6-4-12(16)9-19-15/h3-7,9-10,18H,8H2,1-2H3. The third kappa shape index (κ3) is 4.77. The van der Waals surface area contributed by atoms with Gasteiger partial charge in [0.1, 0.15) is 5.03 Å². The summed E-state index contributed by atoms with van der Waals surface area (Å²) < 4.78 is 0.981. The number of pyridine rings is 1. The number of halogens is 2. The molecule has 2 nitrogen and oxygen atoms in total. The maximum Gasteiger partial charge on any atom is 0.101 e. The second-order valence-electron chi connectivity index (χ2n) is 4.70. The number of hydrogen-bond acceptors (Lipinski definition) is 3. The van der Waals surface area contributed by atoms with Crippen LogP contribution >= 0.6 is 39.3 Å². The highest BCUT2D eigenvalue weighted by molar-refractivity contribution is 9.10. The van der Waals surface area contributed by atoms with E-state index in [-0.39, 0.29) is 0 Å². The van der Waals surface area contributed by atoms with Crippen LogP contribution in [0.5, 0.6) is 0 Å². The summed E-state index contributed by atoms with van der Waals surface area (Å²) >= 11 is 11.1. The summed E-state index contributed by atoms with van der Waals surface area (Å²) in [7, 11) is 0. The molecule has 0 unspecified atom stereocenters. The maximum atomic E-state index is 6.11. The van der Waals surface area contributed by atoms with Crippen molar-refractivity contribution in [3.63, 3.8) is 0 Å². The second-order valence-corrected chi connectivity index (χ2v) is 7.12. The molecule has 0 bridgehead atoms. The van der Waals surface area contributed by atoms with Gasteiger partial charge in [-0.2, -0.15) is 0 Å². The van der Waals surface area contributed by atoms with Crippen LogP contribution in [-0.2, 0) is 6.54 Å². The van der Waals surface area contributed by atoms with Crippen LogP contribution in [0, 0.1) is 0 Å². The molecule has 0 aliphatic carbocycles. The molecule has 0 saturated heterocycles. The zero-order valence-electron chi connectivity index (χ0n) is 11.4. The molecule has 0 spiro atoms. The number of nitrogens with zero attached hydrogens (tertiary/aromatic N) is 1. The quantitative estimate of drug-likeness (QED) is 0.787. The normalized spacial score (nSPS) is 11.1. The van der Waals surface area contributed by atoms with Gasteiger partial charge in [0.15, 0.2) is 0 Å². The van der Waals surface area contributed by atoms with Gasteiger partial charge in [-0.1, -0.05) is 43.3 Å². The van der Waals surface area contributed by atoms with E-state index in [2.05, 4.69) is 46.1 Å². The maximum absolute atomic E-state index is 6.11. The van der Waals surface area contributed by atoms with Crippen molar-refractivity contribution in [1.29, 1.82) is 0 Å². The van der Waals surface area contributed by atoms with Gasteiger partial charge in [0.05, 0.1) is 0 Å². The molecule has 1 heterocycles. The van der Waals surface area contributed by atoms with Gasteiger partial charge in [0.25, 0.3) is 0 Å². The van der Waals surface area contributed by atoms with E-state index < -0.39 is 0 Å². The third-order valence-electron chi connectivity index (χ3n) is 2.64. The van der Waals surface area contributed by atoms with Crippen LogP contribution in [0.4, 0.5) is 0 Å². The van der Waals surface area contributed by atoms with Crippen LogP contribution in [-0.4, -0.2) is 11.0 Å². The Morgan fingerprint density at radius 3 is 2.75 bits per heavy atom. The molecule has 0 atom stereocenters. The lowest BCUT2D eigenvalue weighted by Crippen LogP contribution is -2.22. The molecule has 0 saturated carbocycles. The van der Waals surface area contributed by atoms with Gasteiger partial charge in [-0.15, -0.1) is 0 Å². The van der Waals surface area contributed by atoms with Crippen molar-refractivity contribution in [3.8, 4) is 0 Å². The van der Waals surface area contributed by atoms with Gasteiger partial charge >= 0.3 is 0 Å². The average molecular weight is 372 g/mol. The highest BCUT2D eigenvalue weighted by atomic mass is 79.9. The van der Waals surface area contributed by atoms with Crippen LogP contribution in [0.1, 0.15) is 19.4 Å².